The molecule has 0 radical (unpaired) electrons. The normalized spacial score (nSPS) is 11.1. The van der Waals surface area contributed by atoms with Gasteiger partial charge in [-0.3, -0.25) is 9.78 Å². The SMILES string of the molecule is N#C/C(=C/c1ccc(-c2ccc(Cl)cc2Cl)o1)C(=O)NCc1cccnc1. The molecule has 0 spiro atoms. The quantitative estimate of drug-likeness (QED) is 0.491. The second-order valence-corrected chi connectivity index (χ2v) is 6.38. The van der Waals surface area contributed by atoms with Crippen LogP contribution in [0.1, 0.15) is 11.3 Å². The summed E-state index contributed by atoms with van der Waals surface area (Å²) in [5.41, 5.74) is 1.43. The lowest BCUT2D eigenvalue weighted by molar-refractivity contribution is -0.117. The molecule has 5 nitrogen and oxygen atoms in total. The zero-order valence-electron chi connectivity index (χ0n) is 13.9. The van der Waals surface area contributed by atoms with Crippen molar-refractivity contribution < 1.29 is 9.21 Å². The molecule has 1 amide bonds. The van der Waals surface area contributed by atoms with Crippen molar-refractivity contribution >= 4 is 35.2 Å². The summed E-state index contributed by atoms with van der Waals surface area (Å²) >= 11 is 12.1. The van der Waals surface area contributed by atoms with E-state index < -0.39 is 5.91 Å². The Morgan fingerprint density at radius 1 is 1.26 bits per heavy atom. The van der Waals surface area contributed by atoms with E-state index in [2.05, 4.69) is 10.3 Å². The summed E-state index contributed by atoms with van der Waals surface area (Å²) in [4.78, 5) is 16.2. The number of amides is 1. The van der Waals surface area contributed by atoms with Gasteiger partial charge < -0.3 is 9.73 Å². The van der Waals surface area contributed by atoms with Crippen LogP contribution < -0.4 is 5.32 Å². The van der Waals surface area contributed by atoms with Gasteiger partial charge in [-0.1, -0.05) is 29.3 Å². The molecule has 3 rings (SSSR count). The highest BCUT2D eigenvalue weighted by Gasteiger charge is 2.12. The molecule has 2 aromatic heterocycles. The van der Waals surface area contributed by atoms with Gasteiger partial charge in [0, 0.05) is 35.6 Å². The number of nitrogens with one attached hydrogen (secondary N) is 1. The zero-order valence-corrected chi connectivity index (χ0v) is 15.5. The number of furan rings is 1. The van der Waals surface area contributed by atoms with Gasteiger partial charge in [0.1, 0.15) is 23.2 Å². The maximum Gasteiger partial charge on any atom is 0.262 e. The lowest BCUT2D eigenvalue weighted by Crippen LogP contribution is -2.23. The fourth-order valence-electron chi connectivity index (χ4n) is 2.34. The third-order valence-corrected chi connectivity index (χ3v) is 4.20. The maximum absolute atomic E-state index is 12.2. The summed E-state index contributed by atoms with van der Waals surface area (Å²) < 4.78 is 5.69. The number of carbonyl (C=O) groups excluding carboxylic acids is 1. The van der Waals surface area contributed by atoms with Crippen LogP contribution in [-0.2, 0) is 11.3 Å². The number of nitriles is 1. The van der Waals surface area contributed by atoms with Crippen LogP contribution in [0.5, 0.6) is 0 Å². The second-order valence-electron chi connectivity index (χ2n) is 5.54. The van der Waals surface area contributed by atoms with E-state index in [-0.39, 0.29) is 12.1 Å². The van der Waals surface area contributed by atoms with Gasteiger partial charge in [0.25, 0.3) is 5.91 Å². The molecule has 2 heterocycles. The lowest BCUT2D eigenvalue weighted by Gasteiger charge is -2.03. The Kier molecular flexibility index (Phi) is 5.92. The molecule has 0 aliphatic heterocycles. The lowest BCUT2D eigenvalue weighted by atomic mass is 10.2. The van der Waals surface area contributed by atoms with E-state index in [9.17, 15) is 10.1 Å². The molecular formula is C20H13Cl2N3O2. The number of hydrogen-bond donors (Lipinski definition) is 1. The van der Waals surface area contributed by atoms with E-state index in [4.69, 9.17) is 27.6 Å². The monoisotopic (exact) mass is 397 g/mol. The minimum atomic E-state index is -0.496. The fourth-order valence-corrected chi connectivity index (χ4v) is 2.84. The van der Waals surface area contributed by atoms with Crippen LogP contribution in [0, 0.1) is 11.3 Å². The van der Waals surface area contributed by atoms with Crippen LogP contribution in [0.25, 0.3) is 17.4 Å². The molecule has 0 unspecified atom stereocenters. The molecular weight excluding hydrogens is 385 g/mol. The second kappa shape index (κ2) is 8.54. The van der Waals surface area contributed by atoms with Gasteiger partial charge in [-0.05, 0) is 42.0 Å². The van der Waals surface area contributed by atoms with Crippen LogP contribution >= 0.6 is 23.2 Å². The minimum absolute atomic E-state index is 0.0676. The van der Waals surface area contributed by atoms with Crippen molar-refractivity contribution in [3.05, 3.63) is 81.8 Å². The smallest absolute Gasteiger partial charge is 0.262 e. The Bertz CT molecular complexity index is 1040. The number of rotatable bonds is 5. The Hall–Kier alpha value is -3.07. The molecule has 0 atom stereocenters. The van der Waals surface area contributed by atoms with Crippen molar-refractivity contribution in [2.24, 2.45) is 0 Å². The van der Waals surface area contributed by atoms with E-state index in [0.717, 1.165) is 5.56 Å². The molecule has 0 aliphatic carbocycles. The van der Waals surface area contributed by atoms with Crippen LogP contribution in [0.15, 0.2) is 64.8 Å². The Morgan fingerprint density at radius 2 is 2.11 bits per heavy atom. The molecule has 0 fully saturated rings. The van der Waals surface area contributed by atoms with E-state index in [1.54, 1.807) is 48.8 Å². The Morgan fingerprint density at radius 3 is 2.81 bits per heavy atom. The third-order valence-electron chi connectivity index (χ3n) is 3.65. The van der Waals surface area contributed by atoms with Gasteiger partial charge in [-0.2, -0.15) is 5.26 Å². The summed E-state index contributed by atoms with van der Waals surface area (Å²) in [6.45, 7) is 0.273. The van der Waals surface area contributed by atoms with Gasteiger partial charge in [-0.15, -0.1) is 0 Å². The summed E-state index contributed by atoms with van der Waals surface area (Å²) in [6.07, 6.45) is 4.67. The summed E-state index contributed by atoms with van der Waals surface area (Å²) in [5, 5.41) is 12.9. The highest BCUT2D eigenvalue weighted by molar-refractivity contribution is 6.36. The first-order valence-corrected chi connectivity index (χ1v) is 8.66. The molecule has 1 aromatic carbocycles. The Labute approximate surface area is 165 Å². The Balaban J connectivity index is 1.75. The van der Waals surface area contributed by atoms with Crippen LogP contribution in [0.2, 0.25) is 10.0 Å². The first kappa shape index (κ1) is 18.7. The van der Waals surface area contributed by atoms with E-state index in [1.165, 1.54) is 6.08 Å². The molecule has 1 N–H and O–H groups in total. The molecule has 0 aliphatic rings. The number of aromatic nitrogens is 1. The molecule has 0 saturated heterocycles. The topological polar surface area (TPSA) is 78.9 Å². The average molecular weight is 398 g/mol. The van der Waals surface area contributed by atoms with Gasteiger partial charge in [0.2, 0.25) is 0 Å². The van der Waals surface area contributed by atoms with Crippen molar-refractivity contribution in [3.63, 3.8) is 0 Å². The highest BCUT2D eigenvalue weighted by atomic mass is 35.5. The van der Waals surface area contributed by atoms with E-state index >= 15 is 0 Å². The van der Waals surface area contributed by atoms with Gasteiger partial charge in [0.05, 0.1) is 5.02 Å². The molecule has 7 heteroatoms. The number of pyridine rings is 1. The van der Waals surface area contributed by atoms with Crippen molar-refractivity contribution in [1.29, 1.82) is 5.26 Å². The standard InChI is InChI=1S/C20H13Cl2N3O2/c21-15-3-5-17(18(22)9-15)19-6-4-16(27-19)8-14(10-23)20(26)25-12-13-2-1-7-24-11-13/h1-9,11H,12H2,(H,25,26)/b14-8-. The van der Waals surface area contributed by atoms with Crippen molar-refractivity contribution in [2.75, 3.05) is 0 Å². The number of nitrogens with zero attached hydrogens (tertiary/aromatic N) is 2. The number of hydrogen-bond acceptors (Lipinski definition) is 4. The minimum Gasteiger partial charge on any atom is -0.457 e. The third kappa shape index (κ3) is 4.76. The molecule has 134 valence electrons. The number of benzene rings is 1. The van der Waals surface area contributed by atoms with Crippen LogP contribution in [-0.4, -0.2) is 10.9 Å². The average Bonchev–Trinajstić information content (AvgIpc) is 3.13. The molecule has 27 heavy (non-hydrogen) atoms. The fraction of sp³-hybridized carbons (Fsp3) is 0.0500. The van der Waals surface area contributed by atoms with Crippen molar-refractivity contribution in [2.45, 2.75) is 6.54 Å². The van der Waals surface area contributed by atoms with Crippen LogP contribution in [0.4, 0.5) is 0 Å². The first-order chi connectivity index (χ1) is 13.1. The predicted octanol–water partition coefficient (Wildman–Crippen LogP) is 4.87. The highest BCUT2D eigenvalue weighted by Crippen LogP contribution is 2.31. The first-order valence-electron chi connectivity index (χ1n) is 7.91. The summed E-state index contributed by atoms with van der Waals surface area (Å²) in [7, 11) is 0. The molecule has 3 aromatic rings. The van der Waals surface area contributed by atoms with Crippen molar-refractivity contribution in [1.82, 2.24) is 10.3 Å². The molecule has 0 saturated carbocycles. The largest absolute Gasteiger partial charge is 0.457 e. The van der Waals surface area contributed by atoms with E-state index in [1.807, 2.05) is 12.1 Å². The van der Waals surface area contributed by atoms with Gasteiger partial charge in [0.15, 0.2) is 0 Å². The molecule has 0 bridgehead atoms. The number of halogens is 2. The zero-order chi connectivity index (χ0) is 19.2. The summed E-state index contributed by atoms with van der Waals surface area (Å²) in [5.74, 6) is 0.379. The van der Waals surface area contributed by atoms with Gasteiger partial charge in [-0.25, -0.2) is 0 Å². The van der Waals surface area contributed by atoms with Crippen LogP contribution in [0.3, 0.4) is 0 Å². The van der Waals surface area contributed by atoms with Crippen molar-refractivity contribution in [3.8, 4) is 17.4 Å². The predicted molar refractivity (Wildman–Crippen MR) is 104 cm³/mol. The number of carbonyl (C=O) groups is 1. The summed E-state index contributed by atoms with van der Waals surface area (Å²) in [6, 6.07) is 13.9. The maximum atomic E-state index is 12.2. The van der Waals surface area contributed by atoms with E-state index in [0.29, 0.717) is 27.1 Å². The van der Waals surface area contributed by atoms with Gasteiger partial charge >= 0.3 is 0 Å².